The van der Waals surface area contributed by atoms with E-state index in [1.165, 1.54) is 0 Å². The molecule has 0 bridgehead atoms. The molecule has 6 nitrogen and oxygen atoms in total. The number of hydrogen-bond donors (Lipinski definition) is 0. The minimum Gasteiger partial charge on any atom is -0.424 e. The van der Waals surface area contributed by atoms with Gasteiger partial charge in [0.1, 0.15) is 17.2 Å². The third kappa shape index (κ3) is 5.07. The summed E-state index contributed by atoms with van der Waals surface area (Å²) in [6, 6.07) is 24.7. The summed E-state index contributed by atoms with van der Waals surface area (Å²) in [5.41, 5.74) is 2.26. The van der Waals surface area contributed by atoms with Crippen molar-refractivity contribution >= 4 is 0 Å². The number of rotatable bonds is 6. The van der Waals surface area contributed by atoms with Crippen LogP contribution in [-0.2, 0) is 0 Å². The first kappa shape index (κ1) is 18.4. The van der Waals surface area contributed by atoms with Crippen LogP contribution in [0.3, 0.4) is 0 Å². The fourth-order valence-electron chi connectivity index (χ4n) is 2.47. The molecule has 0 aliphatic heterocycles. The Morgan fingerprint density at radius 3 is 1.17 bits per heavy atom. The minimum absolute atomic E-state index is 0.0791. The molecule has 4 aromatic rings. The minimum atomic E-state index is 0.0791. The number of ether oxygens (including phenoxy) is 3. The van der Waals surface area contributed by atoms with Crippen molar-refractivity contribution in [1.82, 2.24) is 15.0 Å². The maximum atomic E-state index is 5.79. The average molecular weight is 385 g/mol. The third-order valence-electron chi connectivity index (χ3n) is 3.99. The summed E-state index contributed by atoms with van der Waals surface area (Å²) < 4.78 is 17.3. The molecule has 1 heterocycles. The second-order valence-electron chi connectivity index (χ2n) is 6.43. The lowest BCUT2D eigenvalue weighted by molar-refractivity contribution is 0.362. The van der Waals surface area contributed by atoms with Gasteiger partial charge in [-0.15, -0.1) is 15.0 Å². The molecule has 6 heteroatoms. The van der Waals surface area contributed by atoms with Gasteiger partial charge in [-0.05, 0) is 50.2 Å². The predicted molar refractivity (Wildman–Crippen MR) is 109 cm³/mol. The second-order valence-corrected chi connectivity index (χ2v) is 6.43. The van der Waals surface area contributed by atoms with Gasteiger partial charge in [0.05, 0.1) is 0 Å². The highest BCUT2D eigenvalue weighted by Gasteiger charge is 2.13. The summed E-state index contributed by atoms with van der Waals surface area (Å²) in [4.78, 5) is 12.8. The second kappa shape index (κ2) is 8.39. The van der Waals surface area contributed by atoms with Crippen LogP contribution in [0.5, 0.6) is 35.3 Å². The van der Waals surface area contributed by atoms with Crippen LogP contribution in [0, 0.1) is 13.8 Å². The van der Waals surface area contributed by atoms with Crippen LogP contribution >= 0.6 is 0 Å². The van der Waals surface area contributed by atoms with Gasteiger partial charge in [-0.2, -0.15) is 0 Å². The van der Waals surface area contributed by atoms with E-state index in [2.05, 4.69) is 15.0 Å². The first-order chi connectivity index (χ1) is 14.1. The number of aryl methyl sites for hydroxylation is 2. The van der Waals surface area contributed by atoms with E-state index in [4.69, 9.17) is 14.2 Å². The van der Waals surface area contributed by atoms with E-state index in [-0.39, 0.29) is 18.0 Å². The van der Waals surface area contributed by atoms with Crippen LogP contribution in [0.25, 0.3) is 0 Å². The largest absolute Gasteiger partial charge is 0.424 e. The summed E-state index contributed by atoms with van der Waals surface area (Å²) in [5.74, 6) is 1.81. The van der Waals surface area contributed by atoms with Crippen LogP contribution in [0.2, 0.25) is 0 Å². The molecule has 0 saturated heterocycles. The Kier molecular flexibility index (Phi) is 5.33. The van der Waals surface area contributed by atoms with Crippen molar-refractivity contribution in [2.75, 3.05) is 0 Å². The molecule has 0 atom stereocenters. The third-order valence-corrected chi connectivity index (χ3v) is 3.99. The summed E-state index contributed by atoms with van der Waals surface area (Å²) in [5, 5.41) is 0. The average Bonchev–Trinajstić information content (AvgIpc) is 2.72. The van der Waals surface area contributed by atoms with E-state index < -0.39 is 0 Å². The molecule has 0 saturated carbocycles. The van der Waals surface area contributed by atoms with Crippen molar-refractivity contribution in [2.24, 2.45) is 0 Å². The lowest BCUT2D eigenvalue weighted by atomic mass is 10.2. The van der Waals surface area contributed by atoms with Gasteiger partial charge < -0.3 is 14.2 Å². The molecule has 0 unspecified atom stereocenters. The Labute approximate surface area is 168 Å². The molecule has 0 amide bonds. The van der Waals surface area contributed by atoms with Gasteiger partial charge in [-0.1, -0.05) is 53.6 Å². The Balaban J connectivity index is 1.64. The molecule has 0 radical (unpaired) electrons. The van der Waals surface area contributed by atoms with Gasteiger partial charge in [0.15, 0.2) is 0 Å². The highest BCUT2D eigenvalue weighted by Crippen LogP contribution is 2.27. The lowest BCUT2D eigenvalue weighted by Gasteiger charge is -2.10. The molecule has 3 aromatic carbocycles. The molecule has 4 rings (SSSR count). The number of para-hydroxylation sites is 1. The van der Waals surface area contributed by atoms with Gasteiger partial charge in [-0.25, -0.2) is 0 Å². The molecule has 0 aliphatic rings. The molecule has 144 valence electrons. The summed E-state index contributed by atoms with van der Waals surface area (Å²) in [6.07, 6.45) is 0. The number of nitrogens with zero attached hydrogens (tertiary/aromatic N) is 3. The van der Waals surface area contributed by atoms with Crippen molar-refractivity contribution < 1.29 is 14.2 Å². The Morgan fingerprint density at radius 1 is 0.448 bits per heavy atom. The number of aromatic nitrogens is 3. The van der Waals surface area contributed by atoms with Crippen LogP contribution in [0.4, 0.5) is 0 Å². The van der Waals surface area contributed by atoms with E-state index >= 15 is 0 Å². The van der Waals surface area contributed by atoms with Gasteiger partial charge in [0, 0.05) is 0 Å². The van der Waals surface area contributed by atoms with Crippen molar-refractivity contribution in [2.45, 2.75) is 13.8 Å². The molecule has 1 aromatic heterocycles. The summed E-state index contributed by atoms with van der Waals surface area (Å²) in [7, 11) is 0. The van der Waals surface area contributed by atoms with Crippen LogP contribution < -0.4 is 14.2 Å². The van der Waals surface area contributed by atoms with Gasteiger partial charge in [0.2, 0.25) is 0 Å². The molecule has 29 heavy (non-hydrogen) atoms. The Hall–Kier alpha value is -3.93. The molecular weight excluding hydrogens is 366 g/mol. The predicted octanol–water partition coefficient (Wildman–Crippen LogP) is 5.87. The topological polar surface area (TPSA) is 66.4 Å². The van der Waals surface area contributed by atoms with Gasteiger partial charge >= 0.3 is 18.0 Å². The SMILES string of the molecule is Cc1ccc(Oc2nc(Oc3ccccc3)nc(Oc3ccc(C)cc3)n2)cc1. The number of benzene rings is 3. The zero-order valence-corrected chi connectivity index (χ0v) is 16.1. The van der Waals surface area contributed by atoms with Crippen molar-refractivity contribution in [1.29, 1.82) is 0 Å². The Morgan fingerprint density at radius 2 is 0.793 bits per heavy atom. The maximum Gasteiger partial charge on any atom is 0.331 e. The zero-order chi connectivity index (χ0) is 20.1. The van der Waals surface area contributed by atoms with E-state index in [9.17, 15) is 0 Å². The summed E-state index contributed by atoms with van der Waals surface area (Å²) >= 11 is 0. The maximum absolute atomic E-state index is 5.79. The molecule has 0 N–H and O–H groups in total. The number of hydrogen-bond acceptors (Lipinski definition) is 6. The fraction of sp³-hybridized carbons (Fsp3) is 0.0870. The first-order valence-corrected chi connectivity index (χ1v) is 9.12. The van der Waals surface area contributed by atoms with Crippen LogP contribution in [0.15, 0.2) is 78.9 Å². The quantitative estimate of drug-likeness (QED) is 0.414. The molecule has 0 aliphatic carbocycles. The highest BCUT2D eigenvalue weighted by atomic mass is 16.5. The monoisotopic (exact) mass is 385 g/mol. The zero-order valence-electron chi connectivity index (χ0n) is 16.1. The molecular formula is C23H19N3O3. The molecule has 0 fully saturated rings. The van der Waals surface area contributed by atoms with Crippen LogP contribution in [0.1, 0.15) is 11.1 Å². The van der Waals surface area contributed by atoms with Gasteiger partial charge in [0.25, 0.3) is 0 Å². The van der Waals surface area contributed by atoms with E-state index in [0.717, 1.165) is 11.1 Å². The van der Waals surface area contributed by atoms with Crippen molar-refractivity contribution in [3.63, 3.8) is 0 Å². The van der Waals surface area contributed by atoms with Crippen LogP contribution in [-0.4, -0.2) is 15.0 Å². The lowest BCUT2D eigenvalue weighted by Crippen LogP contribution is -2.01. The smallest absolute Gasteiger partial charge is 0.331 e. The summed E-state index contributed by atoms with van der Waals surface area (Å²) in [6.45, 7) is 4.01. The van der Waals surface area contributed by atoms with E-state index in [1.807, 2.05) is 92.7 Å². The first-order valence-electron chi connectivity index (χ1n) is 9.12. The van der Waals surface area contributed by atoms with Crippen molar-refractivity contribution in [3.05, 3.63) is 90.0 Å². The Bertz CT molecular complexity index is 1020. The fourth-order valence-corrected chi connectivity index (χ4v) is 2.47. The van der Waals surface area contributed by atoms with Gasteiger partial charge in [-0.3, -0.25) is 0 Å². The molecule has 0 spiro atoms. The normalized spacial score (nSPS) is 10.4. The van der Waals surface area contributed by atoms with E-state index in [0.29, 0.717) is 17.2 Å². The highest BCUT2D eigenvalue weighted by molar-refractivity contribution is 5.31. The van der Waals surface area contributed by atoms with Crippen molar-refractivity contribution in [3.8, 4) is 35.3 Å². The van der Waals surface area contributed by atoms with E-state index in [1.54, 1.807) is 0 Å². The standard InChI is InChI=1S/C23H19N3O3/c1-16-8-12-19(13-9-16)28-22-24-21(27-18-6-4-3-5-7-18)25-23(26-22)29-20-14-10-17(2)11-15-20/h3-15H,1-2H3.